The zero-order valence-corrected chi connectivity index (χ0v) is 8.20. The third-order valence-electron chi connectivity index (χ3n) is 2.58. The molecule has 1 radical (unpaired) electrons. The van der Waals surface area contributed by atoms with Crippen LogP contribution < -0.4 is 0 Å². The van der Waals surface area contributed by atoms with Gasteiger partial charge in [0.15, 0.2) is 0 Å². The van der Waals surface area contributed by atoms with Gasteiger partial charge in [0, 0.05) is 23.2 Å². The van der Waals surface area contributed by atoms with Gasteiger partial charge in [0.1, 0.15) is 0 Å². The predicted molar refractivity (Wildman–Crippen MR) is 62.6 cm³/mol. The molecular formula is C14H10N. The number of aromatic amines is 1. The van der Waals surface area contributed by atoms with Crippen LogP contribution in [0, 0.1) is 6.07 Å². The molecule has 15 heavy (non-hydrogen) atoms. The Morgan fingerprint density at radius 1 is 0.867 bits per heavy atom. The molecule has 0 saturated heterocycles. The molecule has 3 rings (SSSR count). The smallest absolute Gasteiger partial charge is 0.0460 e. The van der Waals surface area contributed by atoms with Crippen LogP contribution in [0.4, 0.5) is 0 Å². The fourth-order valence-electron chi connectivity index (χ4n) is 1.79. The Morgan fingerprint density at radius 3 is 2.60 bits per heavy atom. The van der Waals surface area contributed by atoms with Gasteiger partial charge in [-0.15, -0.1) is 0 Å². The van der Waals surface area contributed by atoms with Gasteiger partial charge in [-0.1, -0.05) is 36.4 Å². The summed E-state index contributed by atoms with van der Waals surface area (Å²) in [6.07, 6.45) is 1.85. The first kappa shape index (κ1) is 8.30. The fraction of sp³-hybridized carbons (Fsp3) is 0. The number of aromatic nitrogens is 1. The van der Waals surface area contributed by atoms with Crippen molar-refractivity contribution in [3.8, 4) is 11.1 Å². The van der Waals surface area contributed by atoms with Gasteiger partial charge in [0.05, 0.1) is 0 Å². The summed E-state index contributed by atoms with van der Waals surface area (Å²) >= 11 is 0. The molecule has 1 heteroatoms. The molecule has 0 atom stereocenters. The number of rotatable bonds is 1. The number of hydrogen-bond donors (Lipinski definition) is 1. The second kappa shape index (κ2) is 3.28. The lowest BCUT2D eigenvalue weighted by atomic mass is 10.0. The van der Waals surface area contributed by atoms with Crippen LogP contribution in [0.2, 0.25) is 0 Å². The highest BCUT2D eigenvalue weighted by atomic mass is 14.7. The summed E-state index contributed by atoms with van der Waals surface area (Å²) < 4.78 is 0. The fourth-order valence-corrected chi connectivity index (χ4v) is 1.79. The molecule has 0 amide bonds. The summed E-state index contributed by atoms with van der Waals surface area (Å²) in [6.45, 7) is 0. The standard InChI is InChI=1S/C14H10N/c1-2-4-11(5-3-1)12-6-7-14-13(10-12)8-9-15-14/h1-7,9-10,15H. The van der Waals surface area contributed by atoms with Crippen molar-refractivity contribution in [2.75, 3.05) is 0 Å². The number of H-pyrrole nitrogens is 1. The van der Waals surface area contributed by atoms with E-state index in [1.54, 1.807) is 0 Å². The first-order chi connectivity index (χ1) is 7.43. The van der Waals surface area contributed by atoms with Gasteiger partial charge >= 0.3 is 0 Å². The molecule has 0 bridgehead atoms. The Kier molecular flexibility index (Phi) is 1.82. The van der Waals surface area contributed by atoms with Crippen LogP contribution in [0.25, 0.3) is 22.0 Å². The summed E-state index contributed by atoms with van der Waals surface area (Å²) in [4.78, 5) is 3.14. The molecule has 0 spiro atoms. The maximum atomic E-state index is 3.17. The number of fused-ring (bicyclic) bond motifs is 1. The minimum Gasteiger partial charge on any atom is -0.361 e. The molecule has 71 valence electrons. The van der Waals surface area contributed by atoms with Crippen LogP contribution in [0.1, 0.15) is 0 Å². The Hall–Kier alpha value is -2.02. The first-order valence-electron chi connectivity index (χ1n) is 4.98. The molecule has 0 aliphatic carbocycles. The van der Waals surface area contributed by atoms with E-state index in [0.29, 0.717) is 0 Å². The molecule has 1 nitrogen and oxygen atoms in total. The third-order valence-corrected chi connectivity index (χ3v) is 2.58. The molecule has 2 aromatic carbocycles. The number of benzene rings is 2. The van der Waals surface area contributed by atoms with Gasteiger partial charge in [-0.3, -0.25) is 0 Å². The quantitative estimate of drug-likeness (QED) is 0.606. The predicted octanol–water partition coefficient (Wildman–Crippen LogP) is 3.64. The van der Waals surface area contributed by atoms with Crippen molar-refractivity contribution in [2.24, 2.45) is 0 Å². The molecule has 0 fully saturated rings. The lowest BCUT2D eigenvalue weighted by Crippen LogP contribution is -1.76. The molecule has 1 heterocycles. The van der Waals surface area contributed by atoms with Crippen LogP contribution >= 0.6 is 0 Å². The van der Waals surface area contributed by atoms with Gasteiger partial charge in [0.25, 0.3) is 0 Å². The first-order valence-corrected chi connectivity index (χ1v) is 4.98. The minimum atomic E-state index is 1.13. The second-order valence-corrected chi connectivity index (χ2v) is 3.56. The van der Waals surface area contributed by atoms with Crippen molar-refractivity contribution in [1.29, 1.82) is 0 Å². The summed E-state index contributed by atoms with van der Waals surface area (Å²) in [5.41, 5.74) is 3.61. The van der Waals surface area contributed by atoms with E-state index in [2.05, 4.69) is 53.5 Å². The molecule has 0 aliphatic rings. The molecule has 3 aromatic rings. The second-order valence-electron chi connectivity index (χ2n) is 3.56. The van der Waals surface area contributed by atoms with E-state index in [0.717, 1.165) is 10.9 Å². The highest BCUT2D eigenvalue weighted by molar-refractivity contribution is 5.84. The molecule has 0 aliphatic heterocycles. The monoisotopic (exact) mass is 192 g/mol. The van der Waals surface area contributed by atoms with Crippen molar-refractivity contribution < 1.29 is 0 Å². The van der Waals surface area contributed by atoms with E-state index in [1.165, 1.54) is 11.1 Å². The summed E-state index contributed by atoms with van der Waals surface area (Å²) in [5, 5.41) is 1.14. The maximum Gasteiger partial charge on any atom is 0.0460 e. The maximum absolute atomic E-state index is 3.17. The van der Waals surface area contributed by atoms with E-state index >= 15 is 0 Å². The largest absolute Gasteiger partial charge is 0.361 e. The molecular weight excluding hydrogens is 182 g/mol. The Labute approximate surface area is 88.4 Å². The number of nitrogens with one attached hydrogen (secondary N) is 1. The van der Waals surface area contributed by atoms with Gasteiger partial charge in [-0.2, -0.15) is 0 Å². The third kappa shape index (κ3) is 1.42. The molecule has 1 N–H and O–H groups in total. The molecule has 1 aromatic heterocycles. The Morgan fingerprint density at radius 2 is 1.73 bits per heavy atom. The van der Waals surface area contributed by atoms with Crippen molar-refractivity contribution in [1.82, 2.24) is 4.98 Å². The molecule has 0 unspecified atom stereocenters. The van der Waals surface area contributed by atoms with Gasteiger partial charge < -0.3 is 4.98 Å². The zero-order valence-electron chi connectivity index (χ0n) is 8.20. The van der Waals surface area contributed by atoms with Gasteiger partial charge in [0.2, 0.25) is 0 Å². The van der Waals surface area contributed by atoms with E-state index in [-0.39, 0.29) is 0 Å². The highest BCUT2D eigenvalue weighted by Gasteiger charge is 1.99. The summed E-state index contributed by atoms with van der Waals surface area (Å²) in [6, 6.07) is 19.9. The Balaban J connectivity index is 2.19. The topological polar surface area (TPSA) is 15.8 Å². The summed E-state index contributed by atoms with van der Waals surface area (Å²) in [5.74, 6) is 0. The average Bonchev–Trinajstić information content (AvgIpc) is 2.77. The van der Waals surface area contributed by atoms with Crippen molar-refractivity contribution >= 4 is 10.9 Å². The Bertz CT molecular complexity index is 578. The number of hydrogen-bond acceptors (Lipinski definition) is 0. The van der Waals surface area contributed by atoms with Crippen LogP contribution in [0.15, 0.2) is 54.7 Å². The lowest BCUT2D eigenvalue weighted by molar-refractivity contribution is 1.47. The lowest BCUT2D eigenvalue weighted by Gasteiger charge is -2.00. The summed E-state index contributed by atoms with van der Waals surface area (Å²) in [7, 11) is 0. The van der Waals surface area contributed by atoms with E-state index in [4.69, 9.17) is 0 Å². The van der Waals surface area contributed by atoms with Crippen LogP contribution in [-0.4, -0.2) is 4.98 Å². The average molecular weight is 192 g/mol. The van der Waals surface area contributed by atoms with Gasteiger partial charge in [-0.25, -0.2) is 0 Å². The van der Waals surface area contributed by atoms with Crippen molar-refractivity contribution in [3.05, 3.63) is 60.8 Å². The van der Waals surface area contributed by atoms with Crippen molar-refractivity contribution in [3.63, 3.8) is 0 Å². The van der Waals surface area contributed by atoms with Crippen LogP contribution in [-0.2, 0) is 0 Å². The highest BCUT2D eigenvalue weighted by Crippen LogP contribution is 2.23. The van der Waals surface area contributed by atoms with Crippen LogP contribution in [0.3, 0.4) is 0 Å². The van der Waals surface area contributed by atoms with Crippen LogP contribution in [0.5, 0.6) is 0 Å². The normalized spacial score (nSPS) is 10.7. The SMILES string of the molecule is [c]1c[nH]c2ccc(-c3ccccc3)cc12. The zero-order chi connectivity index (χ0) is 10.1. The van der Waals surface area contributed by atoms with Gasteiger partial charge in [-0.05, 0) is 23.3 Å². The minimum absolute atomic E-state index is 1.13. The van der Waals surface area contributed by atoms with E-state index < -0.39 is 0 Å². The molecule has 0 saturated carbocycles. The van der Waals surface area contributed by atoms with E-state index in [1.807, 2.05) is 12.3 Å². The van der Waals surface area contributed by atoms with E-state index in [9.17, 15) is 0 Å². The van der Waals surface area contributed by atoms with Crippen molar-refractivity contribution in [2.45, 2.75) is 0 Å².